The largest absolute Gasteiger partial charge is 0.491 e. The monoisotopic (exact) mass is 338 g/mol. The third-order valence-electron chi connectivity index (χ3n) is 3.16. The zero-order valence-corrected chi connectivity index (χ0v) is 14.4. The van der Waals surface area contributed by atoms with Crippen molar-refractivity contribution < 1.29 is 14.3 Å². The molecule has 0 aliphatic heterocycles. The first-order valence-electron chi connectivity index (χ1n) is 8.03. The van der Waals surface area contributed by atoms with Crippen LogP contribution in [0.2, 0.25) is 0 Å². The van der Waals surface area contributed by atoms with E-state index in [1.54, 1.807) is 24.3 Å². The average Bonchev–Trinajstić information content (AvgIpc) is 2.59. The summed E-state index contributed by atoms with van der Waals surface area (Å²) in [5.41, 5.74) is 1.63. The number of ether oxygens (including phenoxy) is 2. The molecule has 0 aliphatic rings. The lowest BCUT2D eigenvalue weighted by molar-refractivity contribution is 0.242. The Hall–Kier alpha value is -3.13. The molecule has 0 aromatic heterocycles. The molecule has 0 spiro atoms. The fourth-order valence-electron chi connectivity index (χ4n) is 2.12. The summed E-state index contributed by atoms with van der Waals surface area (Å²) in [7, 11) is 0. The van der Waals surface area contributed by atoms with E-state index in [-0.39, 0.29) is 18.7 Å². The fraction of sp³-hybridized carbons (Fsp3) is 0.250. The molecule has 2 aromatic rings. The summed E-state index contributed by atoms with van der Waals surface area (Å²) in [6.45, 7) is 4.57. The number of hydrogen-bond acceptors (Lipinski definition) is 3. The van der Waals surface area contributed by atoms with Gasteiger partial charge in [-0.25, -0.2) is 4.79 Å². The Kier molecular flexibility index (Phi) is 6.73. The number of terminal acetylenes is 1. The molecule has 0 unspecified atom stereocenters. The fourth-order valence-corrected chi connectivity index (χ4v) is 2.12. The molecule has 0 saturated heterocycles. The number of carbonyl (C=O) groups is 1. The Morgan fingerprint density at radius 3 is 2.60 bits per heavy atom. The van der Waals surface area contributed by atoms with Crippen molar-refractivity contribution >= 4 is 11.7 Å². The lowest BCUT2D eigenvalue weighted by Gasteiger charge is -2.12. The smallest absolute Gasteiger partial charge is 0.319 e. The van der Waals surface area contributed by atoms with Crippen molar-refractivity contribution in [1.29, 1.82) is 0 Å². The maximum atomic E-state index is 12.0. The molecule has 5 nitrogen and oxygen atoms in total. The Bertz CT molecular complexity index is 733. The standard InChI is InChI=1S/C20H22N2O3/c1-4-12-24-18-10-8-17(9-11-18)22-20(23)21-14-16-6-5-7-19(13-16)25-15(2)3/h1,5-11,13,15H,12,14H2,2-3H3,(H2,21,22,23). The summed E-state index contributed by atoms with van der Waals surface area (Å²) < 4.78 is 10.9. The van der Waals surface area contributed by atoms with Crippen LogP contribution in [-0.4, -0.2) is 18.7 Å². The molecule has 0 heterocycles. The van der Waals surface area contributed by atoms with Crippen LogP contribution in [0.5, 0.6) is 11.5 Å². The first-order chi connectivity index (χ1) is 12.1. The quantitative estimate of drug-likeness (QED) is 0.755. The highest BCUT2D eigenvalue weighted by molar-refractivity contribution is 5.89. The number of carbonyl (C=O) groups excluding carboxylic acids is 1. The summed E-state index contributed by atoms with van der Waals surface area (Å²) in [6, 6.07) is 14.4. The van der Waals surface area contributed by atoms with E-state index in [4.69, 9.17) is 15.9 Å². The second-order valence-corrected chi connectivity index (χ2v) is 5.64. The van der Waals surface area contributed by atoms with Crippen LogP contribution in [0.15, 0.2) is 48.5 Å². The Morgan fingerprint density at radius 1 is 1.16 bits per heavy atom. The molecule has 0 aliphatic carbocycles. The molecule has 0 atom stereocenters. The van der Waals surface area contributed by atoms with Gasteiger partial charge < -0.3 is 20.1 Å². The summed E-state index contributed by atoms with van der Waals surface area (Å²) >= 11 is 0. The predicted molar refractivity (Wildman–Crippen MR) is 98.8 cm³/mol. The highest BCUT2D eigenvalue weighted by Crippen LogP contribution is 2.16. The van der Waals surface area contributed by atoms with Crippen LogP contribution < -0.4 is 20.1 Å². The Labute approximate surface area is 148 Å². The molecule has 5 heteroatoms. The number of amides is 2. The van der Waals surface area contributed by atoms with Crippen molar-refractivity contribution in [3.63, 3.8) is 0 Å². The molecule has 130 valence electrons. The van der Waals surface area contributed by atoms with Crippen molar-refractivity contribution in [3.8, 4) is 23.8 Å². The van der Waals surface area contributed by atoms with Crippen molar-refractivity contribution in [2.75, 3.05) is 11.9 Å². The molecule has 2 rings (SSSR count). The number of hydrogen-bond donors (Lipinski definition) is 2. The van der Waals surface area contributed by atoms with Crippen LogP contribution in [0.25, 0.3) is 0 Å². The minimum Gasteiger partial charge on any atom is -0.491 e. The molecular weight excluding hydrogens is 316 g/mol. The van der Waals surface area contributed by atoms with Gasteiger partial charge in [-0.1, -0.05) is 18.1 Å². The summed E-state index contributed by atoms with van der Waals surface area (Å²) in [6.07, 6.45) is 5.25. The van der Waals surface area contributed by atoms with Gasteiger partial charge in [0.15, 0.2) is 0 Å². The zero-order valence-electron chi connectivity index (χ0n) is 14.4. The van der Waals surface area contributed by atoms with Crippen LogP contribution >= 0.6 is 0 Å². The molecule has 0 bridgehead atoms. The van der Waals surface area contributed by atoms with E-state index >= 15 is 0 Å². The maximum Gasteiger partial charge on any atom is 0.319 e. The third kappa shape index (κ3) is 6.48. The highest BCUT2D eigenvalue weighted by atomic mass is 16.5. The van der Waals surface area contributed by atoms with Gasteiger partial charge >= 0.3 is 6.03 Å². The predicted octanol–water partition coefficient (Wildman–Crippen LogP) is 3.81. The number of nitrogens with one attached hydrogen (secondary N) is 2. The van der Waals surface area contributed by atoms with Crippen LogP contribution in [0.4, 0.5) is 10.5 Å². The topological polar surface area (TPSA) is 59.6 Å². The van der Waals surface area contributed by atoms with Gasteiger partial charge in [0.05, 0.1) is 6.10 Å². The molecule has 2 aromatic carbocycles. The van der Waals surface area contributed by atoms with E-state index < -0.39 is 0 Å². The SMILES string of the molecule is C#CCOc1ccc(NC(=O)NCc2cccc(OC(C)C)c2)cc1. The number of anilines is 1. The average molecular weight is 338 g/mol. The second-order valence-electron chi connectivity index (χ2n) is 5.64. The summed E-state index contributed by atoms with van der Waals surface area (Å²) in [5.74, 6) is 3.85. The van der Waals surface area contributed by atoms with Crippen molar-refractivity contribution in [2.45, 2.75) is 26.5 Å². The third-order valence-corrected chi connectivity index (χ3v) is 3.16. The van der Waals surface area contributed by atoms with Gasteiger partial charge in [-0.3, -0.25) is 0 Å². The van der Waals surface area contributed by atoms with Gasteiger partial charge in [-0.15, -0.1) is 6.42 Å². The molecule has 0 fully saturated rings. The first-order valence-corrected chi connectivity index (χ1v) is 8.03. The number of rotatable bonds is 7. The minimum atomic E-state index is -0.285. The summed E-state index contributed by atoms with van der Waals surface area (Å²) in [5, 5.41) is 5.58. The Balaban J connectivity index is 1.83. The van der Waals surface area contributed by atoms with Gasteiger partial charge in [0.2, 0.25) is 0 Å². The van der Waals surface area contributed by atoms with Gasteiger partial charge in [-0.05, 0) is 55.8 Å². The molecule has 0 saturated carbocycles. The summed E-state index contributed by atoms with van der Waals surface area (Å²) in [4.78, 5) is 12.0. The number of urea groups is 1. The molecule has 25 heavy (non-hydrogen) atoms. The van der Waals surface area contributed by atoms with E-state index in [0.717, 1.165) is 11.3 Å². The van der Waals surface area contributed by atoms with Crippen molar-refractivity contribution in [2.24, 2.45) is 0 Å². The lowest BCUT2D eigenvalue weighted by atomic mass is 10.2. The molecule has 2 amide bonds. The van der Waals surface area contributed by atoms with Gasteiger partial charge in [0.1, 0.15) is 18.1 Å². The minimum absolute atomic E-state index is 0.110. The van der Waals surface area contributed by atoms with Crippen LogP contribution in [-0.2, 0) is 6.54 Å². The zero-order chi connectivity index (χ0) is 18.1. The molecule has 0 radical (unpaired) electrons. The van der Waals surface area contributed by atoms with Crippen molar-refractivity contribution in [1.82, 2.24) is 5.32 Å². The Morgan fingerprint density at radius 2 is 1.92 bits per heavy atom. The van der Waals surface area contributed by atoms with Gasteiger partial charge in [-0.2, -0.15) is 0 Å². The van der Waals surface area contributed by atoms with Gasteiger partial charge in [0, 0.05) is 12.2 Å². The number of benzene rings is 2. The van der Waals surface area contributed by atoms with Crippen molar-refractivity contribution in [3.05, 3.63) is 54.1 Å². The normalized spacial score (nSPS) is 10.0. The van der Waals surface area contributed by atoms with Crippen LogP contribution in [0, 0.1) is 12.3 Å². The van der Waals surface area contributed by atoms with E-state index in [1.807, 2.05) is 38.1 Å². The van der Waals surface area contributed by atoms with Gasteiger partial charge in [0.25, 0.3) is 0 Å². The van der Waals surface area contributed by atoms with Crippen LogP contribution in [0.1, 0.15) is 19.4 Å². The first kappa shape index (κ1) is 18.2. The van der Waals surface area contributed by atoms with Crippen LogP contribution in [0.3, 0.4) is 0 Å². The molecule has 2 N–H and O–H groups in total. The molecular formula is C20H22N2O3. The van der Waals surface area contributed by atoms with E-state index in [2.05, 4.69) is 16.6 Å². The highest BCUT2D eigenvalue weighted by Gasteiger charge is 2.04. The van der Waals surface area contributed by atoms with E-state index in [9.17, 15) is 4.79 Å². The lowest BCUT2D eigenvalue weighted by Crippen LogP contribution is -2.28. The second kappa shape index (κ2) is 9.24. The van der Waals surface area contributed by atoms with E-state index in [1.165, 1.54) is 0 Å². The van der Waals surface area contributed by atoms with E-state index in [0.29, 0.717) is 18.0 Å². The maximum absolute atomic E-state index is 12.0.